The van der Waals surface area contributed by atoms with Crippen molar-refractivity contribution in [2.75, 3.05) is 5.32 Å². The predicted molar refractivity (Wildman–Crippen MR) is 54.2 cm³/mol. The van der Waals surface area contributed by atoms with Gasteiger partial charge in [0.1, 0.15) is 17.3 Å². The summed E-state index contributed by atoms with van der Waals surface area (Å²) >= 11 is 5.71. The number of nitrogens with zero attached hydrogens (tertiary/aromatic N) is 2. The third-order valence-corrected chi connectivity index (χ3v) is 1.75. The van der Waals surface area contributed by atoms with Crippen LogP contribution in [0.25, 0.3) is 0 Å². The number of benzene rings is 1. The minimum absolute atomic E-state index is 0.0428. The van der Waals surface area contributed by atoms with E-state index < -0.39 is 0 Å². The van der Waals surface area contributed by atoms with Crippen LogP contribution in [0, 0.1) is 22.7 Å². The molecule has 0 aliphatic heterocycles. The van der Waals surface area contributed by atoms with Gasteiger partial charge in [-0.1, -0.05) is 29.8 Å². The van der Waals surface area contributed by atoms with Crippen molar-refractivity contribution >= 4 is 17.3 Å². The quantitative estimate of drug-likeness (QED) is 0.594. The molecule has 0 aliphatic carbocycles. The van der Waals surface area contributed by atoms with Crippen molar-refractivity contribution in [2.45, 2.75) is 0 Å². The number of halogens is 1. The van der Waals surface area contributed by atoms with E-state index in [2.05, 4.69) is 5.32 Å². The highest BCUT2D eigenvalue weighted by molar-refractivity contribution is 6.31. The molecular weight excluding hydrogens is 198 g/mol. The van der Waals surface area contributed by atoms with Gasteiger partial charge >= 0.3 is 0 Å². The molecule has 0 heterocycles. The molecule has 0 aromatic heterocycles. The van der Waals surface area contributed by atoms with Gasteiger partial charge in [0, 0.05) is 5.69 Å². The first-order valence-corrected chi connectivity index (χ1v) is 4.17. The highest BCUT2D eigenvalue weighted by Gasteiger charge is 2.02. The molecule has 0 saturated heterocycles. The lowest BCUT2D eigenvalue weighted by atomic mass is 10.3. The Balaban J connectivity index is 2.87. The number of para-hydroxylation sites is 1. The lowest BCUT2D eigenvalue weighted by Gasteiger charge is -2.02. The number of allylic oxidation sites excluding steroid dienone is 1. The average molecular weight is 204 g/mol. The van der Waals surface area contributed by atoms with Crippen LogP contribution in [-0.4, -0.2) is 0 Å². The van der Waals surface area contributed by atoms with E-state index in [1.165, 1.54) is 0 Å². The maximum Gasteiger partial charge on any atom is 0.164 e. The third kappa shape index (κ3) is 2.52. The van der Waals surface area contributed by atoms with Gasteiger partial charge in [-0.3, -0.25) is 0 Å². The molecule has 14 heavy (non-hydrogen) atoms. The topological polar surface area (TPSA) is 59.6 Å². The molecule has 4 heteroatoms. The summed E-state index contributed by atoms with van der Waals surface area (Å²) in [4.78, 5) is 0. The fourth-order valence-electron chi connectivity index (χ4n) is 0.834. The molecule has 0 saturated carbocycles. The van der Waals surface area contributed by atoms with Crippen molar-refractivity contribution in [1.82, 2.24) is 0 Å². The Morgan fingerprint density at radius 3 is 2.21 bits per heavy atom. The van der Waals surface area contributed by atoms with E-state index in [0.717, 1.165) is 5.69 Å². The highest BCUT2D eigenvalue weighted by Crippen LogP contribution is 2.14. The van der Waals surface area contributed by atoms with Crippen LogP contribution in [-0.2, 0) is 0 Å². The lowest BCUT2D eigenvalue weighted by Crippen LogP contribution is -1.95. The molecule has 0 bridgehead atoms. The number of hydrogen-bond donors (Lipinski definition) is 1. The summed E-state index contributed by atoms with van der Waals surface area (Å²) in [6.07, 6.45) is 0. The molecule has 0 aliphatic rings. The molecule has 0 atom stereocenters. The molecule has 1 aromatic carbocycles. The van der Waals surface area contributed by atoms with Crippen molar-refractivity contribution in [2.24, 2.45) is 0 Å². The minimum Gasteiger partial charge on any atom is -0.344 e. The van der Waals surface area contributed by atoms with E-state index in [4.69, 9.17) is 22.1 Å². The Morgan fingerprint density at radius 2 is 1.71 bits per heavy atom. The summed E-state index contributed by atoms with van der Waals surface area (Å²) in [5, 5.41) is 19.8. The summed E-state index contributed by atoms with van der Waals surface area (Å²) in [7, 11) is 0. The minimum atomic E-state index is -0.129. The van der Waals surface area contributed by atoms with Gasteiger partial charge in [-0.05, 0) is 12.1 Å². The smallest absolute Gasteiger partial charge is 0.164 e. The zero-order valence-electron chi connectivity index (χ0n) is 7.16. The second-order valence-corrected chi connectivity index (χ2v) is 2.78. The maximum absolute atomic E-state index is 8.52. The van der Waals surface area contributed by atoms with Gasteiger partial charge in [0.2, 0.25) is 0 Å². The molecular formula is C10H6ClN3. The highest BCUT2D eigenvalue weighted by atomic mass is 35.5. The van der Waals surface area contributed by atoms with E-state index in [0.29, 0.717) is 0 Å². The number of anilines is 1. The molecule has 68 valence electrons. The monoisotopic (exact) mass is 203 g/mol. The summed E-state index contributed by atoms with van der Waals surface area (Å²) in [6, 6.07) is 12.5. The Morgan fingerprint density at radius 1 is 1.14 bits per heavy atom. The Bertz CT molecular complexity index is 407. The van der Waals surface area contributed by atoms with Crippen molar-refractivity contribution < 1.29 is 0 Å². The first-order valence-electron chi connectivity index (χ1n) is 3.80. The van der Waals surface area contributed by atoms with Crippen molar-refractivity contribution in [3.05, 3.63) is 41.1 Å². The van der Waals surface area contributed by atoms with E-state index >= 15 is 0 Å². The fourth-order valence-corrected chi connectivity index (χ4v) is 1.03. The van der Waals surface area contributed by atoms with Gasteiger partial charge in [0.05, 0.1) is 0 Å². The van der Waals surface area contributed by atoms with E-state index in [-0.39, 0.29) is 10.7 Å². The van der Waals surface area contributed by atoms with Gasteiger partial charge in [-0.25, -0.2) is 0 Å². The summed E-state index contributed by atoms with van der Waals surface area (Å²) in [5.74, 6) is 0. The van der Waals surface area contributed by atoms with Crippen LogP contribution < -0.4 is 5.32 Å². The second kappa shape index (κ2) is 4.91. The lowest BCUT2D eigenvalue weighted by molar-refractivity contribution is 1.43. The van der Waals surface area contributed by atoms with Crippen LogP contribution in [0.3, 0.4) is 0 Å². The number of rotatable bonds is 2. The second-order valence-electron chi connectivity index (χ2n) is 2.40. The number of hydrogen-bond acceptors (Lipinski definition) is 3. The zero-order chi connectivity index (χ0) is 10.4. The summed E-state index contributed by atoms with van der Waals surface area (Å²) < 4.78 is 0. The molecule has 0 amide bonds. The first kappa shape index (κ1) is 10.1. The Kier molecular flexibility index (Phi) is 3.55. The Labute approximate surface area is 86.8 Å². The summed E-state index contributed by atoms with van der Waals surface area (Å²) in [6.45, 7) is 0. The fraction of sp³-hybridized carbons (Fsp3) is 0. The van der Waals surface area contributed by atoms with Crippen LogP contribution in [0.2, 0.25) is 0 Å². The normalized spacial score (nSPS) is 8.21. The van der Waals surface area contributed by atoms with Gasteiger partial charge in [-0.15, -0.1) is 0 Å². The van der Waals surface area contributed by atoms with Crippen molar-refractivity contribution in [3.8, 4) is 12.1 Å². The molecule has 1 aromatic rings. The SMILES string of the molecule is N#CC(C#N)=C(Cl)Nc1ccccc1. The standard InChI is InChI=1S/C10H6ClN3/c11-10(8(6-12)7-13)14-9-4-2-1-3-5-9/h1-5,14H. The van der Waals surface area contributed by atoms with Crippen LogP contribution in [0.1, 0.15) is 0 Å². The largest absolute Gasteiger partial charge is 0.344 e. The molecule has 3 nitrogen and oxygen atoms in total. The summed E-state index contributed by atoms with van der Waals surface area (Å²) in [5.41, 5.74) is 0.607. The molecule has 1 N–H and O–H groups in total. The molecule has 0 spiro atoms. The van der Waals surface area contributed by atoms with Crippen molar-refractivity contribution in [3.63, 3.8) is 0 Å². The number of nitrogens with one attached hydrogen (secondary N) is 1. The molecule has 0 radical (unpaired) electrons. The van der Waals surface area contributed by atoms with Crippen LogP contribution in [0.15, 0.2) is 41.1 Å². The van der Waals surface area contributed by atoms with E-state index in [9.17, 15) is 0 Å². The van der Waals surface area contributed by atoms with Gasteiger partial charge in [-0.2, -0.15) is 10.5 Å². The Hall–Kier alpha value is -1.97. The number of nitriles is 2. The van der Waals surface area contributed by atoms with Gasteiger partial charge in [0.15, 0.2) is 5.57 Å². The van der Waals surface area contributed by atoms with Crippen molar-refractivity contribution in [1.29, 1.82) is 10.5 Å². The third-order valence-electron chi connectivity index (χ3n) is 1.47. The maximum atomic E-state index is 8.52. The van der Waals surface area contributed by atoms with Crippen LogP contribution in [0.5, 0.6) is 0 Å². The van der Waals surface area contributed by atoms with Gasteiger partial charge < -0.3 is 5.32 Å². The molecule has 1 rings (SSSR count). The van der Waals surface area contributed by atoms with E-state index in [1.54, 1.807) is 24.3 Å². The first-order chi connectivity index (χ1) is 6.77. The molecule has 0 unspecified atom stereocenters. The zero-order valence-corrected chi connectivity index (χ0v) is 7.92. The van der Waals surface area contributed by atoms with Gasteiger partial charge in [0.25, 0.3) is 0 Å². The van der Waals surface area contributed by atoms with E-state index in [1.807, 2.05) is 18.2 Å². The van der Waals surface area contributed by atoms with Crippen LogP contribution in [0.4, 0.5) is 5.69 Å². The predicted octanol–water partition coefficient (Wildman–Crippen LogP) is 2.60. The van der Waals surface area contributed by atoms with Crippen LogP contribution >= 0.6 is 11.6 Å². The molecule has 0 fully saturated rings. The average Bonchev–Trinajstić information content (AvgIpc) is 2.21.